The number of carbonyl (C=O) groups excluding carboxylic acids is 1. The summed E-state index contributed by atoms with van der Waals surface area (Å²) in [6.07, 6.45) is 4.71. The van der Waals surface area contributed by atoms with Gasteiger partial charge in [-0.3, -0.25) is 4.79 Å². The molecule has 2 aromatic heterocycles. The van der Waals surface area contributed by atoms with E-state index in [0.29, 0.717) is 18.6 Å². The number of hydrogen-bond acceptors (Lipinski definition) is 4. The largest absolute Gasteiger partial charge is 0.312 e. The Labute approximate surface area is 152 Å². The van der Waals surface area contributed by atoms with Gasteiger partial charge in [-0.25, -0.2) is 9.50 Å². The van der Waals surface area contributed by atoms with Crippen molar-refractivity contribution < 1.29 is 4.79 Å². The first-order chi connectivity index (χ1) is 12.6. The van der Waals surface area contributed by atoms with Gasteiger partial charge in [0, 0.05) is 30.0 Å². The Morgan fingerprint density at radius 1 is 1.23 bits per heavy atom. The van der Waals surface area contributed by atoms with Crippen LogP contribution in [0.2, 0.25) is 0 Å². The zero-order chi connectivity index (χ0) is 18.3. The molecule has 6 nitrogen and oxygen atoms in total. The van der Waals surface area contributed by atoms with Crippen LogP contribution in [0.25, 0.3) is 5.78 Å². The van der Waals surface area contributed by atoms with Gasteiger partial charge in [-0.2, -0.15) is 10.1 Å². The van der Waals surface area contributed by atoms with Gasteiger partial charge in [0.1, 0.15) is 6.33 Å². The van der Waals surface area contributed by atoms with E-state index >= 15 is 0 Å². The number of carbonyl (C=O) groups is 1. The van der Waals surface area contributed by atoms with Gasteiger partial charge in [0.15, 0.2) is 0 Å². The number of nitrogens with zero attached hydrogens (tertiary/aromatic N) is 5. The van der Waals surface area contributed by atoms with Crippen molar-refractivity contribution in [3.05, 3.63) is 52.6 Å². The van der Waals surface area contributed by atoms with Gasteiger partial charge in [-0.05, 0) is 56.7 Å². The minimum Gasteiger partial charge on any atom is -0.312 e. The molecule has 0 atom stereocenters. The van der Waals surface area contributed by atoms with E-state index in [9.17, 15) is 4.79 Å². The van der Waals surface area contributed by atoms with Gasteiger partial charge in [0.25, 0.3) is 5.78 Å². The van der Waals surface area contributed by atoms with Gasteiger partial charge >= 0.3 is 0 Å². The van der Waals surface area contributed by atoms with Gasteiger partial charge in [-0.15, -0.1) is 0 Å². The summed E-state index contributed by atoms with van der Waals surface area (Å²) in [4.78, 5) is 23.6. The molecule has 0 bridgehead atoms. The molecule has 0 saturated heterocycles. The summed E-state index contributed by atoms with van der Waals surface area (Å²) in [7, 11) is 0. The maximum absolute atomic E-state index is 13.0. The van der Waals surface area contributed by atoms with Gasteiger partial charge < -0.3 is 4.90 Å². The zero-order valence-electron chi connectivity index (χ0n) is 15.5. The second-order valence-electron chi connectivity index (χ2n) is 6.96. The third kappa shape index (κ3) is 2.75. The van der Waals surface area contributed by atoms with Crippen LogP contribution in [-0.4, -0.2) is 32.0 Å². The summed E-state index contributed by atoms with van der Waals surface area (Å²) in [6.45, 7) is 6.87. The molecule has 1 aliphatic rings. The molecular formula is C20H23N5O. The maximum atomic E-state index is 13.0. The first kappa shape index (κ1) is 16.7. The first-order valence-electron chi connectivity index (χ1n) is 9.11. The molecular weight excluding hydrogens is 326 g/mol. The van der Waals surface area contributed by atoms with E-state index in [0.717, 1.165) is 42.0 Å². The molecule has 3 aromatic rings. The van der Waals surface area contributed by atoms with Gasteiger partial charge in [0.2, 0.25) is 5.91 Å². The summed E-state index contributed by atoms with van der Waals surface area (Å²) in [5.74, 6) is 0.786. The highest BCUT2D eigenvalue weighted by molar-refractivity contribution is 5.95. The SMILES string of the molecule is Cc1cccc2c1N(C(=O)CCc1c(C)nc3ncnn3c1C)CCC2. The lowest BCUT2D eigenvalue weighted by atomic mass is 9.97. The molecule has 0 N–H and O–H groups in total. The predicted octanol–water partition coefficient (Wildman–Crippen LogP) is 2.96. The normalized spacial score (nSPS) is 13.9. The van der Waals surface area contributed by atoms with Crippen molar-refractivity contribution in [3.8, 4) is 0 Å². The lowest BCUT2D eigenvalue weighted by molar-refractivity contribution is -0.118. The van der Waals surface area contributed by atoms with Crippen molar-refractivity contribution in [2.75, 3.05) is 11.4 Å². The molecule has 0 saturated carbocycles. The van der Waals surface area contributed by atoms with Crippen molar-refractivity contribution in [1.29, 1.82) is 0 Å². The Hall–Kier alpha value is -2.76. The predicted molar refractivity (Wildman–Crippen MR) is 100 cm³/mol. The number of fused-ring (bicyclic) bond motifs is 2. The fourth-order valence-corrected chi connectivity index (χ4v) is 3.98. The average Bonchev–Trinajstić information content (AvgIpc) is 3.09. The summed E-state index contributed by atoms with van der Waals surface area (Å²) in [6, 6.07) is 6.30. The van der Waals surface area contributed by atoms with E-state index < -0.39 is 0 Å². The number of aryl methyl sites for hydroxylation is 4. The highest BCUT2D eigenvalue weighted by Crippen LogP contribution is 2.31. The Kier molecular flexibility index (Phi) is 4.18. The van der Waals surface area contributed by atoms with Crippen molar-refractivity contribution in [2.24, 2.45) is 0 Å². The van der Waals surface area contributed by atoms with Crippen LogP contribution in [0.5, 0.6) is 0 Å². The highest BCUT2D eigenvalue weighted by Gasteiger charge is 2.24. The van der Waals surface area contributed by atoms with Crippen LogP contribution < -0.4 is 4.90 Å². The molecule has 6 heteroatoms. The van der Waals surface area contributed by atoms with Gasteiger partial charge in [-0.1, -0.05) is 18.2 Å². The molecule has 0 unspecified atom stereocenters. The third-order valence-electron chi connectivity index (χ3n) is 5.30. The van der Waals surface area contributed by atoms with Crippen LogP contribution in [0, 0.1) is 20.8 Å². The van der Waals surface area contributed by atoms with E-state index in [1.165, 1.54) is 17.5 Å². The van der Waals surface area contributed by atoms with Crippen LogP contribution >= 0.6 is 0 Å². The molecule has 4 rings (SSSR count). The van der Waals surface area contributed by atoms with Crippen LogP contribution in [0.1, 0.15) is 40.9 Å². The molecule has 1 aliphatic heterocycles. The summed E-state index contributed by atoms with van der Waals surface area (Å²) in [5, 5.41) is 4.23. The second kappa shape index (κ2) is 6.52. The molecule has 134 valence electrons. The molecule has 0 radical (unpaired) electrons. The molecule has 1 amide bonds. The number of rotatable bonds is 3. The summed E-state index contributed by atoms with van der Waals surface area (Å²) >= 11 is 0. The van der Waals surface area contributed by atoms with E-state index in [1.54, 1.807) is 4.52 Å². The number of para-hydroxylation sites is 1. The minimum absolute atomic E-state index is 0.178. The molecule has 0 spiro atoms. The lowest BCUT2D eigenvalue weighted by Crippen LogP contribution is -2.36. The monoisotopic (exact) mass is 349 g/mol. The van der Waals surface area contributed by atoms with Gasteiger partial charge in [0.05, 0.1) is 0 Å². The Morgan fingerprint density at radius 2 is 2.08 bits per heavy atom. The van der Waals surface area contributed by atoms with Crippen molar-refractivity contribution in [3.63, 3.8) is 0 Å². The minimum atomic E-state index is 0.178. The topological polar surface area (TPSA) is 63.4 Å². The quantitative estimate of drug-likeness (QED) is 0.729. The molecule has 3 heterocycles. The van der Waals surface area contributed by atoms with Crippen LogP contribution in [0.4, 0.5) is 5.69 Å². The lowest BCUT2D eigenvalue weighted by Gasteiger charge is -2.31. The van der Waals surface area contributed by atoms with E-state index in [2.05, 4.69) is 40.2 Å². The number of benzene rings is 1. The number of aromatic nitrogens is 4. The van der Waals surface area contributed by atoms with Crippen LogP contribution in [-0.2, 0) is 17.6 Å². The third-order valence-corrected chi connectivity index (χ3v) is 5.30. The Morgan fingerprint density at radius 3 is 2.92 bits per heavy atom. The van der Waals surface area contributed by atoms with Crippen LogP contribution in [0.15, 0.2) is 24.5 Å². The standard InChI is InChI=1S/C20H23N5O/c1-13-6-4-7-16-8-5-11-24(19(13)16)18(26)10-9-17-14(2)23-20-21-12-22-25(20)15(17)3/h4,6-7,12H,5,8-11H2,1-3H3. The van der Waals surface area contributed by atoms with E-state index in [1.807, 2.05) is 18.7 Å². The highest BCUT2D eigenvalue weighted by atomic mass is 16.2. The van der Waals surface area contributed by atoms with Crippen molar-refractivity contribution in [1.82, 2.24) is 19.6 Å². The Bertz CT molecular complexity index is 991. The first-order valence-corrected chi connectivity index (χ1v) is 9.11. The van der Waals surface area contributed by atoms with Crippen molar-refractivity contribution in [2.45, 2.75) is 46.5 Å². The Balaban J connectivity index is 1.58. The van der Waals surface area contributed by atoms with E-state index in [4.69, 9.17) is 0 Å². The maximum Gasteiger partial charge on any atom is 0.252 e. The number of anilines is 1. The zero-order valence-corrected chi connectivity index (χ0v) is 15.5. The van der Waals surface area contributed by atoms with Crippen molar-refractivity contribution >= 4 is 17.4 Å². The molecule has 0 fully saturated rings. The molecule has 26 heavy (non-hydrogen) atoms. The fourth-order valence-electron chi connectivity index (χ4n) is 3.98. The second-order valence-corrected chi connectivity index (χ2v) is 6.96. The number of hydrogen-bond donors (Lipinski definition) is 0. The van der Waals surface area contributed by atoms with E-state index in [-0.39, 0.29) is 5.91 Å². The summed E-state index contributed by atoms with van der Waals surface area (Å²) in [5.41, 5.74) is 6.58. The number of amides is 1. The summed E-state index contributed by atoms with van der Waals surface area (Å²) < 4.78 is 1.74. The van der Waals surface area contributed by atoms with Crippen LogP contribution in [0.3, 0.4) is 0 Å². The fraction of sp³-hybridized carbons (Fsp3) is 0.400. The molecule has 1 aromatic carbocycles. The smallest absolute Gasteiger partial charge is 0.252 e. The average molecular weight is 349 g/mol. The molecule has 0 aliphatic carbocycles.